The molecule has 0 atom stereocenters. The predicted molar refractivity (Wildman–Crippen MR) is 98.0 cm³/mol. The van der Waals surface area contributed by atoms with Crippen molar-refractivity contribution in [3.63, 3.8) is 0 Å². The first-order valence-electron chi connectivity index (χ1n) is 8.63. The summed E-state index contributed by atoms with van der Waals surface area (Å²) < 4.78 is 2.33. The summed E-state index contributed by atoms with van der Waals surface area (Å²) in [6, 6.07) is 12.9. The number of nitrogens with zero attached hydrogens (tertiary/aromatic N) is 3. The fourth-order valence-electron chi connectivity index (χ4n) is 3.63. The first-order valence-corrected chi connectivity index (χ1v) is 8.63. The predicted octanol–water partition coefficient (Wildman–Crippen LogP) is 4.00. The molecule has 0 radical (unpaired) electrons. The lowest BCUT2D eigenvalue weighted by atomic mass is 10.1. The molecule has 1 fully saturated rings. The molecule has 0 bridgehead atoms. The number of piperidine rings is 1. The zero-order valence-electron chi connectivity index (χ0n) is 14.5. The van der Waals surface area contributed by atoms with Crippen LogP contribution in [-0.4, -0.2) is 41.9 Å². The van der Waals surface area contributed by atoms with E-state index in [4.69, 9.17) is 0 Å². The van der Waals surface area contributed by atoms with E-state index in [1.165, 1.54) is 60.7 Å². The van der Waals surface area contributed by atoms with Crippen LogP contribution in [0.2, 0.25) is 0 Å². The van der Waals surface area contributed by atoms with E-state index in [0.29, 0.717) is 0 Å². The Labute approximate surface area is 139 Å². The maximum Gasteiger partial charge on any atom is 0.0575 e. The molecule has 1 aromatic heterocycles. The maximum absolute atomic E-state index is 4.62. The van der Waals surface area contributed by atoms with Crippen molar-refractivity contribution in [2.75, 3.05) is 26.7 Å². The second-order valence-electron chi connectivity index (χ2n) is 6.46. The van der Waals surface area contributed by atoms with Gasteiger partial charge >= 0.3 is 0 Å². The monoisotopic (exact) mass is 309 g/mol. The molecule has 1 aromatic carbocycles. The zero-order chi connectivity index (χ0) is 16.2. The van der Waals surface area contributed by atoms with Gasteiger partial charge in [-0.25, -0.2) is 0 Å². The molecule has 0 N–H and O–H groups in total. The van der Waals surface area contributed by atoms with E-state index in [1.807, 2.05) is 7.05 Å². The summed E-state index contributed by atoms with van der Waals surface area (Å²) in [5.41, 5.74) is 6.28. The second kappa shape index (κ2) is 7.14. The molecule has 1 aliphatic rings. The number of aryl methyl sites for hydroxylation is 1. The fraction of sp³-hybridized carbons (Fsp3) is 0.450. The van der Waals surface area contributed by atoms with E-state index in [0.717, 1.165) is 6.54 Å². The van der Waals surface area contributed by atoms with Crippen LogP contribution in [0.25, 0.3) is 5.69 Å². The van der Waals surface area contributed by atoms with Crippen LogP contribution >= 0.6 is 0 Å². The number of benzene rings is 1. The topological polar surface area (TPSA) is 20.5 Å². The summed E-state index contributed by atoms with van der Waals surface area (Å²) in [4.78, 5) is 7.17. The molecular formula is C20H27N3. The molecule has 0 unspecified atom stereocenters. The molecule has 1 saturated heterocycles. The lowest BCUT2D eigenvalue weighted by Crippen LogP contribution is -2.35. The molecule has 3 nitrogen and oxygen atoms in total. The Kier molecular flexibility index (Phi) is 4.97. The Balaban J connectivity index is 1.90. The summed E-state index contributed by atoms with van der Waals surface area (Å²) in [6.07, 6.45) is 4.01. The highest BCUT2D eigenvalue weighted by molar-refractivity contribution is 6.03. The van der Waals surface area contributed by atoms with Gasteiger partial charge in [0.25, 0.3) is 0 Å². The van der Waals surface area contributed by atoms with E-state index in [9.17, 15) is 0 Å². The Morgan fingerprint density at radius 2 is 1.74 bits per heavy atom. The number of aromatic nitrogens is 1. The lowest BCUT2D eigenvalue weighted by molar-refractivity contribution is 0.258. The molecule has 1 aliphatic heterocycles. The van der Waals surface area contributed by atoms with Crippen LogP contribution in [0, 0.1) is 13.8 Å². The molecule has 2 heterocycles. The van der Waals surface area contributed by atoms with Gasteiger partial charge in [0.15, 0.2) is 0 Å². The first kappa shape index (κ1) is 16.0. The number of likely N-dealkylation sites (tertiary alicyclic amines) is 1. The van der Waals surface area contributed by atoms with Crippen LogP contribution in [0.1, 0.15) is 36.2 Å². The molecule has 3 rings (SSSR count). The third-order valence-corrected chi connectivity index (χ3v) is 4.85. The standard InChI is InChI=1S/C20H27N3/c1-16-14-19(17(2)23(16)18-10-6-4-7-11-18)20(21-3)15-22-12-8-5-9-13-22/h4,6-7,10-11,14H,5,8-9,12-13,15H2,1-3H3/b21-20-. The van der Waals surface area contributed by atoms with Crippen molar-refractivity contribution < 1.29 is 0 Å². The van der Waals surface area contributed by atoms with Gasteiger partial charge in [0, 0.05) is 36.2 Å². The highest BCUT2D eigenvalue weighted by atomic mass is 15.1. The third kappa shape index (κ3) is 3.40. The molecule has 0 amide bonds. The number of hydrogen-bond donors (Lipinski definition) is 0. The summed E-state index contributed by atoms with van der Waals surface area (Å²) in [7, 11) is 1.92. The average Bonchev–Trinajstić information content (AvgIpc) is 2.89. The van der Waals surface area contributed by atoms with Crippen molar-refractivity contribution >= 4 is 5.71 Å². The highest BCUT2D eigenvalue weighted by Crippen LogP contribution is 2.22. The third-order valence-electron chi connectivity index (χ3n) is 4.85. The Morgan fingerprint density at radius 3 is 2.39 bits per heavy atom. The van der Waals surface area contributed by atoms with Crippen molar-refractivity contribution in [2.24, 2.45) is 4.99 Å². The van der Waals surface area contributed by atoms with Gasteiger partial charge in [0.2, 0.25) is 0 Å². The maximum atomic E-state index is 4.62. The van der Waals surface area contributed by atoms with Crippen molar-refractivity contribution in [3.8, 4) is 5.69 Å². The number of hydrogen-bond acceptors (Lipinski definition) is 2. The number of rotatable bonds is 4. The minimum absolute atomic E-state index is 0.968. The molecular weight excluding hydrogens is 282 g/mol. The number of aliphatic imine (C=N–C) groups is 1. The largest absolute Gasteiger partial charge is 0.318 e. The van der Waals surface area contributed by atoms with Gasteiger partial charge < -0.3 is 4.57 Å². The smallest absolute Gasteiger partial charge is 0.0575 e. The summed E-state index contributed by atoms with van der Waals surface area (Å²) >= 11 is 0. The van der Waals surface area contributed by atoms with E-state index >= 15 is 0 Å². The Hall–Kier alpha value is -1.87. The lowest BCUT2D eigenvalue weighted by Gasteiger charge is -2.27. The van der Waals surface area contributed by atoms with E-state index in [1.54, 1.807) is 0 Å². The van der Waals surface area contributed by atoms with E-state index < -0.39 is 0 Å². The van der Waals surface area contributed by atoms with E-state index in [-0.39, 0.29) is 0 Å². The Morgan fingerprint density at radius 1 is 1.04 bits per heavy atom. The molecule has 0 saturated carbocycles. The minimum Gasteiger partial charge on any atom is -0.318 e. The molecule has 122 valence electrons. The van der Waals surface area contributed by atoms with Crippen molar-refractivity contribution in [3.05, 3.63) is 53.3 Å². The van der Waals surface area contributed by atoms with Crippen LogP contribution in [0.15, 0.2) is 41.4 Å². The van der Waals surface area contributed by atoms with Gasteiger partial charge in [-0.3, -0.25) is 9.89 Å². The summed E-state index contributed by atoms with van der Waals surface area (Å²) in [5.74, 6) is 0. The van der Waals surface area contributed by atoms with Crippen LogP contribution in [0.5, 0.6) is 0 Å². The van der Waals surface area contributed by atoms with Crippen LogP contribution in [0.4, 0.5) is 0 Å². The minimum atomic E-state index is 0.968. The second-order valence-corrected chi connectivity index (χ2v) is 6.46. The van der Waals surface area contributed by atoms with Gasteiger partial charge in [0.1, 0.15) is 0 Å². The van der Waals surface area contributed by atoms with Crippen molar-refractivity contribution in [1.29, 1.82) is 0 Å². The number of para-hydroxylation sites is 1. The van der Waals surface area contributed by atoms with Gasteiger partial charge in [-0.05, 0) is 58.0 Å². The first-order chi connectivity index (χ1) is 11.2. The average molecular weight is 309 g/mol. The van der Waals surface area contributed by atoms with Crippen LogP contribution < -0.4 is 0 Å². The van der Waals surface area contributed by atoms with Gasteiger partial charge in [-0.15, -0.1) is 0 Å². The normalized spacial score (nSPS) is 16.7. The van der Waals surface area contributed by atoms with Crippen molar-refractivity contribution in [1.82, 2.24) is 9.47 Å². The van der Waals surface area contributed by atoms with Gasteiger partial charge in [0.05, 0.1) is 5.71 Å². The van der Waals surface area contributed by atoms with Crippen LogP contribution in [0.3, 0.4) is 0 Å². The van der Waals surface area contributed by atoms with E-state index in [2.05, 4.69) is 64.7 Å². The summed E-state index contributed by atoms with van der Waals surface area (Å²) in [6.45, 7) is 7.76. The molecule has 0 aliphatic carbocycles. The molecule has 3 heteroatoms. The summed E-state index contributed by atoms with van der Waals surface area (Å²) in [5, 5.41) is 0. The molecule has 2 aromatic rings. The molecule has 23 heavy (non-hydrogen) atoms. The van der Waals surface area contributed by atoms with Crippen LogP contribution in [-0.2, 0) is 0 Å². The highest BCUT2D eigenvalue weighted by Gasteiger charge is 2.18. The SMILES string of the molecule is C/N=C(/CN1CCCCC1)c1cc(C)n(-c2ccccc2)c1C. The quantitative estimate of drug-likeness (QED) is 0.782. The molecule has 0 spiro atoms. The Bertz CT molecular complexity index is 676. The van der Waals surface area contributed by atoms with Gasteiger partial charge in [-0.2, -0.15) is 0 Å². The fourth-order valence-corrected chi connectivity index (χ4v) is 3.63. The van der Waals surface area contributed by atoms with Crippen molar-refractivity contribution in [2.45, 2.75) is 33.1 Å². The zero-order valence-corrected chi connectivity index (χ0v) is 14.5. The van der Waals surface area contributed by atoms with Gasteiger partial charge in [-0.1, -0.05) is 24.6 Å².